The van der Waals surface area contributed by atoms with Crippen LogP contribution in [0.1, 0.15) is 22.5 Å². The Bertz CT molecular complexity index is 713. The molecule has 3 heterocycles. The number of amides is 1. The Kier molecular flexibility index (Phi) is 4.61. The molecule has 1 aromatic carbocycles. The molecule has 24 heavy (non-hydrogen) atoms. The standard InChI is InChI=1S/C19H21ClN2OS/c20-16-3-1-13(2-4-16)17-5-6-18(24-17)19(23)22-9-7-14-11-21-12-15(14)8-10-22/h1-6,14-15,21H,7-12H2/t14-,15+. The molecule has 126 valence electrons. The fraction of sp³-hybridized carbons (Fsp3) is 0.421. The van der Waals surface area contributed by atoms with Gasteiger partial charge in [0, 0.05) is 23.0 Å². The molecule has 3 nitrogen and oxygen atoms in total. The van der Waals surface area contributed by atoms with Crippen molar-refractivity contribution in [1.29, 1.82) is 0 Å². The van der Waals surface area contributed by atoms with Crippen molar-refractivity contribution in [3.05, 3.63) is 46.3 Å². The highest BCUT2D eigenvalue weighted by atomic mass is 35.5. The van der Waals surface area contributed by atoms with E-state index in [0.29, 0.717) is 0 Å². The Labute approximate surface area is 151 Å². The second kappa shape index (κ2) is 6.87. The van der Waals surface area contributed by atoms with Crippen LogP contribution < -0.4 is 5.32 Å². The maximum absolute atomic E-state index is 12.9. The molecular weight excluding hydrogens is 340 g/mol. The quantitative estimate of drug-likeness (QED) is 0.872. The summed E-state index contributed by atoms with van der Waals surface area (Å²) in [5, 5.41) is 4.22. The van der Waals surface area contributed by atoms with Gasteiger partial charge < -0.3 is 10.2 Å². The lowest BCUT2D eigenvalue weighted by atomic mass is 9.92. The van der Waals surface area contributed by atoms with Crippen molar-refractivity contribution >= 4 is 28.8 Å². The second-order valence-corrected chi connectivity index (χ2v) is 8.24. The summed E-state index contributed by atoms with van der Waals surface area (Å²) < 4.78 is 0. The van der Waals surface area contributed by atoms with Crippen molar-refractivity contribution in [1.82, 2.24) is 10.2 Å². The van der Waals surface area contributed by atoms with E-state index in [1.807, 2.05) is 36.4 Å². The van der Waals surface area contributed by atoms with E-state index in [1.165, 1.54) is 0 Å². The van der Waals surface area contributed by atoms with Crippen LogP contribution in [0.2, 0.25) is 5.02 Å². The maximum Gasteiger partial charge on any atom is 0.263 e. The first-order valence-corrected chi connectivity index (χ1v) is 9.76. The van der Waals surface area contributed by atoms with Crippen LogP contribution in [0.4, 0.5) is 0 Å². The average molecular weight is 361 g/mol. The van der Waals surface area contributed by atoms with Gasteiger partial charge in [0.15, 0.2) is 0 Å². The highest BCUT2D eigenvalue weighted by Gasteiger charge is 2.31. The van der Waals surface area contributed by atoms with Gasteiger partial charge in [0.05, 0.1) is 4.88 Å². The van der Waals surface area contributed by atoms with Crippen LogP contribution >= 0.6 is 22.9 Å². The third-order valence-corrected chi connectivity index (χ3v) is 6.63. The van der Waals surface area contributed by atoms with E-state index < -0.39 is 0 Å². The van der Waals surface area contributed by atoms with E-state index in [9.17, 15) is 4.79 Å². The Morgan fingerprint density at radius 3 is 2.38 bits per heavy atom. The average Bonchev–Trinajstić information content (AvgIpc) is 3.21. The van der Waals surface area contributed by atoms with Gasteiger partial charge in [-0.05, 0) is 67.6 Å². The van der Waals surface area contributed by atoms with Crippen LogP contribution in [0, 0.1) is 11.8 Å². The number of fused-ring (bicyclic) bond motifs is 1. The summed E-state index contributed by atoms with van der Waals surface area (Å²) in [6.07, 6.45) is 2.25. The fourth-order valence-electron chi connectivity index (χ4n) is 3.80. The zero-order valence-electron chi connectivity index (χ0n) is 13.5. The first-order valence-electron chi connectivity index (χ1n) is 8.56. The Hall–Kier alpha value is -1.36. The van der Waals surface area contributed by atoms with Gasteiger partial charge in [0.2, 0.25) is 0 Å². The summed E-state index contributed by atoms with van der Waals surface area (Å²) in [7, 11) is 0. The molecule has 0 radical (unpaired) electrons. The molecule has 2 aliphatic rings. The molecule has 1 N–H and O–H groups in total. The van der Waals surface area contributed by atoms with E-state index in [4.69, 9.17) is 11.6 Å². The van der Waals surface area contributed by atoms with Crippen LogP contribution in [0.5, 0.6) is 0 Å². The third-order valence-electron chi connectivity index (χ3n) is 5.25. The summed E-state index contributed by atoms with van der Waals surface area (Å²) in [5.74, 6) is 1.68. The monoisotopic (exact) mass is 360 g/mol. The number of thiophene rings is 1. The molecule has 2 aromatic rings. The van der Waals surface area contributed by atoms with E-state index >= 15 is 0 Å². The topological polar surface area (TPSA) is 32.3 Å². The molecule has 4 rings (SSSR count). The zero-order chi connectivity index (χ0) is 16.5. The normalized spacial score (nSPS) is 23.8. The first-order chi connectivity index (χ1) is 11.7. The molecule has 0 aliphatic carbocycles. The molecule has 1 amide bonds. The van der Waals surface area contributed by atoms with Crippen molar-refractivity contribution in [2.45, 2.75) is 12.8 Å². The number of nitrogens with one attached hydrogen (secondary N) is 1. The van der Waals surface area contributed by atoms with E-state index in [1.54, 1.807) is 11.3 Å². The van der Waals surface area contributed by atoms with Crippen molar-refractivity contribution in [2.24, 2.45) is 11.8 Å². The first kappa shape index (κ1) is 16.1. The predicted molar refractivity (Wildman–Crippen MR) is 99.8 cm³/mol. The largest absolute Gasteiger partial charge is 0.338 e. The summed E-state index contributed by atoms with van der Waals surface area (Å²) in [6.45, 7) is 4.00. The van der Waals surface area contributed by atoms with Crippen LogP contribution in [-0.4, -0.2) is 37.0 Å². The lowest BCUT2D eigenvalue weighted by Gasteiger charge is -2.20. The smallest absolute Gasteiger partial charge is 0.263 e. The third kappa shape index (κ3) is 3.23. The summed E-state index contributed by atoms with van der Waals surface area (Å²) >= 11 is 7.53. The summed E-state index contributed by atoms with van der Waals surface area (Å²) in [5.41, 5.74) is 1.11. The minimum absolute atomic E-state index is 0.188. The highest BCUT2D eigenvalue weighted by Crippen LogP contribution is 2.31. The number of likely N-dealkylation sites (tertiary alicyclic amines) is 1. The van der Waals surface area contributed by atoms with Crippen molar-refractivity contribution in [3.63, 3.8) is 0 Å². The van der Waals surface area contributed by atoms with Gasteiger partial charge in [-0.2, -0.15) is 0 Å². The molecular formula is C19H21ClN2OS. The molecule has 2 atom stereocenters. The van der Waals surface area contributed by atoms with Crippen LogP contribution in [0.15, 0.2) is 36.4 Å². The number of hydrogen-bond acceptors (Lipinski definition) is 3. The van der Waals surface area contributed by atoms with E-state index in [-0.39, 0.29) is 5.91 Å². The van der Waals surface area contributed by atoms with Gasteiger partial charge in [0.25, 0.3) is 5.91 Å². The van der Waals surface area contributed by atoms with Crippen molar-refractivity contribution in [2.75, 3.05) is 26.2 Å². The highest BCUT2D eigenvalue weighted by molar-refractivity contribution is 7.17. The van der Waals surface area contributed by atoms with Gasteiger partial charge in [-0.25, -0.2) is 0 Å². The van der Waals surface area contributed by atoms with Crippen LogP contribution in [-0.2, 0) is 0 Å². The number of hydrogen-bond donors (Lipinski definition) is 1. The number of carbonyl (C=O) groups excluding carboxylic acids is 1. The number of rotatable bonds is 2. The minimum Gasteiger partial charge on any atom is -0.338 e. The molecule has 2 fully saturated rings. The Morgan fingerprint density at radius 1 is 1.04 bits per heavy atom. The lowest BCUT2D eigenvalue weighted by Crippen LogP contribution is -2.32. The SMILES string of the molecule is O=C(c1ccc(-c2ccc(Cl)cc2)s1)N1CC[C@@H]2CNC[C@@H]2CC1. The zero-order valence-corrected chi connectivity index (χ0v) is 15.1. The lowest BCUT2D eigenvalue weighted by molar-refractivity contribution is 0.0763. The molecule has 0 spiro atoms. The molecule has 0 saturated carbocycles. The molecule has 1 aromatic heterocycles. The fourth-order valence-corrected chi connectivity index (χ4v) is 4.90. The number of benzene rings is 1. The van der Waals surface area contributed by atoms with Gasteiger partial charge in [-0.3, -0.25) is 4.79 Å². The molecule has 5 heteroatoms. The van der Waals surface area contributed by atoms with Gasteiger partial charge in [0.1, 0.15) is 0 Å². The molecule has 0 bridgehead atoms. The summed E-state index contributed by atoms with van der Waals surface area (Å²) in [4.78, 5) is 16.9. The predicted octanol–water partition coefficient (Wildman–Crippen LogP) is 4.14. The second-order valence-electron chi connectivity index (χ2n) is 6.72. The van der Waals surface area contributed by atoms with Gasteiger partial charge in [-0.1, -0.05) is 23.7 Å². The molecule has 2 saturated heterocycles. The van der Waals surface area contributed by atoms with Crippen LogP contribution in [0.3, 0.4) is 0 Å². The van der Waals surface area contributed by atoms with Gasteiger partial charge in [-0.15, -0.1) is 11.3 Å². The Morgan fingerprint density at radius 2 is 1.71 bits per heavy atom. The van der Waals surface area contributed by atoms with E-state index in [2.05, 4.69) is 10.2 Å². The van der Waals surface area contributed by atoms with Crippen molar-refractivity contribution < 1.29 is 4.79 Å². The number of nitrogens with zero attached hydrogens (tertiary/aromatic N) is 1. The minimum atomic E-state index is 0.188. The molecule has 2 aliphatic heterocycles. The Balaban J connectivity index is 1.47. The number of halogens is 1. The molecule has 0 unspecified atom stereocenters. The van der Waals surface area contributed by atoms with E-state index in [0.717, 1.165) is 71.2 Å². The summed E-state index contributed by atoms with van der Waals surface area (Å²) in [6, 6.07) is 11.8. The van der Waals surface area contributed by atoms with Gasteiger partial charge >= 0.3 is 0 Å². The van der Waals surface area contributed by atoms with Crippen LogP contribution in [0.25, 0.3) is 10.4 Å². The number of carbonyl (C=O) groups is 1. The maximum atomic E-state index is 12.9. The van der Waals surface area contributed by atoms with Crippen molar-refractivity contribution in [3.8, 4) is 10.4 Å².